The largest absolute Gasteiger partial charge is 0.471 e. The zero-order chi connectivity index (χ0) is 19.0. The van der Waals surface area contributed by atoms with E-state index < -0.39 is 12.1 Å². The van der Waals surface area contributed by atoms with Crippen molar-refractivity contribution in [2.45, 2.75) is 37.4 Å². The number of aromatic nitrogens is 3. The first-order chi connectivity index (χ1) is 12.9. The van der Waals surface area contributed by atoms with Gasteiger partial charge in [-0.05, 0) is 24.5 Å². The van der Waals surface area contributed by atoms with Crippen LogP contribution in [0, 0.1) is 0 Å². The van der Waals surface area contributed by atoms with Gasteiger partial charge in [0.1, 0.15) is 0 Å². The number of pyridine rings is 1. The molecule has 1 unspecified atom stereocenters. The van der Waals surface area contributed by atoms with Crippen molar-refractivity contribution in [3.05, 3.63) is 70.5 Å². The molecular formula is C19H16F3N3O2. The van der Waals surface area contributed by atoms with Crippen molar-refractivity contribution >= 4 is 0 Å². The van der Waals surface area contributed by atoms with Crippen molar-refractivity contribution in [3.63, 3.8) is 0 Å². The average molecular weight is 375 g/mol. The van der Waals surface area contributed by atoms with Gasteiger partial charge in [0, 0.05) is 29.8 Å². The van der Waals surface area contributed by atoms with Crippen molar-refractivity contribution in [1.82, 2.24) is 14.7 Å². The van der Waals surface area contributed by atoms with Crippen LogP contribution in [-0.2, 0) is 6.18 Å². The predicted octanol–water partition coefficient (Wildman–Crippen LogP) is 4.43. The molecule has 8 heteroatoms. The Morgan fingerprint density at radius 3 is 2.56 bits per heavy atom. The number of nitrogens with zero attached hydrogens (tertiary/aromatic N) is 3. The van der Waals surface area contributed by atoms with Crippen molar-refractivity contribution in [2.24, 2.45) is 0 Å². The molecule has 2 atom stereocenters. The van der Waals surface area contributed by atoms with Gasteiger partial charge in [0.25, 0.3) is 5.56 Å². The molecule has 0 N–H and O–H groups in total. The summed E-state index contributed by atoms with van der Waals surface area (Å²) in [6.45, 7) is 0. The van der Waals surface area contributed by atoms with Crippen LogP contribution in [0.2, 0.25) is 0 Å². The molecule has 140 valence electrons. The molecule has 1 aliphatic rings. The summed E-state index contributed by atoms with van der Waals surface area (Å²) in [4.78, 5) is 16.0. The van der Waals surface area contributed by atoms with Gasteiger partial charge >= 0.3 is 12.1 Å². The normalized spacial score (nSPS) is 20.1. The third-order valence-corrected chi connectivity index (χ3v) is 4.94. The first-order valence-electron chi connectivity index (χ1n) is 8.62. The van der Waals surface area contributed by atoms with Crippen LogP contribution in [0.1, 0.15) is 42.7 Å². The summed E-state index contributed by atoms with van der Waals surface area (Å²) >= 11 is 0. The average Bonchev–Trinajstić information content (AvgIpc) is 3.32. The zero-order valence-electron chi connectivity index (χ0n) is 14.2. The molecule has 2 heterocycles. The van der Waals surface area contributed by atoms with E-state index in [1.165, 1.54) is 11.6 Å². The summed E-state index contributed by atoms with van der Waals surface area (Å²) in [5, 5.41) is 3.33. The maximum absolute atomic E-state index is 12.6. The lowest BCUT2D eigenvalue weighted by Gasteiger charge is -2.22. The maximum Gasteiger partial charge on any atom is 0.471 e. The highest BCUT2D eigenvalue weighted by Crippen LogP contribution is 2.42. The molecule has 4 rings (SSSR count). The Labute approximate surface area is 152 Å². The molecule has 0 spiro atoms. The van der Waals surface area contributed by atoms with Gasteiger partial charge in [-0.3, -0.25) is 4.79 Å². The van der Waals surface area contributed by atoms with Gasteiger partial charge in [-0.2, -0.15) is 18.2 Å². The van der Waals surface area contributed by atoms with E-state index in [4.69, 9.17) is 0 Å². The zero-order valence-corrected chi connectivity index (χ0v) is 14.2. The number of alkyl halides is 3. The van der Waals surface area contributed by atoms with Gasteiger partial charge in [0.15, 0.2) is 0 Å². The number of rotatable bonds is 3. The molecule has 0 saturated heterocycles. The summed E-state index contributed by atoms with van der Waals surface area (Å²) in [7, 11) is 0. The Hall–Kier alpha value is -2.90. The van der Waals surface area contributed by atoms with E-state index in [0.29, 0.717) is 0 Å². The number of hydrogen-bond donors (Lipinski definition) is 0. The van der Waals surface area contributed by atoms with Gasteiger partial charge in [-0.15, -0.1) is 0 Å². The first-order valence-corrected chi connectivity index (χ1v) is 8.62. The Morgan fingerprint density at radius 2 is 1.89 bits per heavy atom. The predicted molar refractivity (Wildman–Crippen MR) is 91.1 cm³/mol. The molecule has 1 fully saturated rings. The molecule has 0 bridgehead atoms. The van der Waals surface area contributed by atoms with Crippen LogP contribution in [0.4, 0.5) is 13.2 Å². The fraction of sp³-hybridized carbons (Fsp3) is 0.316. The molecule has 0 radical (unpaired) electrons. The third kappa shape index (κ3) is 3.39. The summed E-state index contributed by atoms with van der Waals surface area (Å²) in [6, 6.07) is 12.8. The Kier molecular flexibility index (Phi) is 4.33. The number of halogens is 3. The lowest BCUT2D eigenvalue weighted by atomic mass is 9.94. The van der Waals surface area contributed by atoms with E-state index in [1.807, 2.05) is 18.2 Å². The molecule has 1 saturated carbocycles. The molecule has 0 amide bonds. The van der Waals surface area contributed by atoms with E-state index in [-0.39, 0.29) is 28.9 Å². The molecular weight excluding hydrogens is 359 g/mol. The molecule has 1 aromatic carbocycles. The lowest BCUT2D eigenvalue weighted by Crippen LogP contribution is -2.25. The van der Waals surface area contributed by atoms with Crippen LogP contribution in [-0.4, -0.2) is 14.7 Å². The van der Waals surface area contributed by atoms with Crippen molar-refractivity contribution in [1.29, 1.82) is 0 Å². The smallest absolute Gasteiger partial charge is 0.329 e. The quantitative estimate of drug-likeness (QED) is 0.680. The Balaban J connectivity index is 1.64. The van der Waals surface area contributed by atoms with E-state index in [0.717, 1.165) is 19.3 Å². The highest BCUT2D eigenvalue weighted by molar-refractivity contribution is 5.52. The van der Waals surface area contributed by atoms with Gasteiger partial charge in [0.05, 0.1) is 0 Å². The summed E-state index contributed by atoms with van der Waals surface area (Å²) in [5.41, 5.74) is 1.09. The number of benzene rings is 1. The van der Waals surface area contributed by atoms with Crippen LogP contribution in [0.3, 0.4) is 0 Å². The highest BCUT2D eigenvalue weighted by atomic mass is 19.4. The van der Waals surface area contributed by atoms with E-state index in [2.05, 4.69) is 26.8 Å². The molecule has 27 heavy (non-hydrogen) atoms. The van der Waals surface area contributed by atoms with E-state index in [1.54, 1.807) is 16.8 Å². The van der Waals surface area contributed by atoms with Gasteiger partial charge in [-0.25, -0.2) is 0 Å². The van der Waals surface area contributed by atoms with E-state index >= 15 is 0 Å². The minimum absolute atomic E-state index is 0.0185. The fourth-order valence-corrected chi connectivity index (χ4v) is 3.72. The van der Waals surface area contributed by atoms with Crippen LogP contribution in [0.5, 0.6) is 0 Å². The standard InChI is InChI=1S/C19H16F3N3O2/c20-19(21,22)18-23-17(24-27-18)13-9-10-25(16(26)11-13)15-8-4-7-14(15)12-5-2-1-3-6-12/h1-3,5-6,9-11,14-15H,4,7-8H2/t14-,15?/m0/s1. The summed E-state index contributed by atoms with van der Waals surface area (Å²) in [6.07, 6.45) is -0.236. The molecule has 3 aromatic rings. The fourth-order valence-electron chi connectivity index (χ4n) is 3.72. The summed E-state index contributed by atoms with van der Waals surface area (Å²) in [5.74, 6) is -1.45. The van der Waals surface area contributed by atoms with Crippen molar-refractivity contribution in [2.75, 3.05) is 0 Å². The first kappa shape index (κ1) is 17.5. The summed E-state index contributed by atoms with van der Waals surface area (Å²) < 4.78 is 43.7. The van der Waals surface area contributed by atoms with Crippen molar-refractivity contribution in [3.8, 4) is 11.4 Å². The van der Waals surface area contributed by atoms with Gasteiger partial charge in [-0.1, -0.05) is 41.9 Å². The maximum atomic E-state index is 12.6. The van der Waals surface area contributed by atoms with Crippen LogP contribution >= 0.6 is 0 Å². The van der Waals surface area contributed by atoms with Crippen molar-refractivity contribution < 1.29 is 17.7 Å². The molecule has 5 nitrogen and oxygen atoms in total. The monoisotopic (exact) mass is 375 g/mol. The topological polar surface area (TPSA) is 60.9 Å². The van der Waals surface area contributed by atoms with Crippen LogP contribution in [0.15, 0.2) is 58.0 Å². The minimum atomic E-state index is -4.72. The van der Waals surface area contributed by atoms with Crippen LogP contribution in [0.25, 0.3) is 11.4 Å². The van der Waals surface area contributed by atoms with E-state index in [9.17, 15) is 18.0 Å². The molecule has 1 aliphatic carbocycles. The Bertz CT molecular complexity index is 995. The van der Waals surface area contributed by atoms with Gasteiger partial charge < -0.3 is 9.09 Å². The lowest BCUT2D eigenvalue weighted by molar-refractivity contribution is -0.159. The van der Waals surface area contributed by atoms with Crippen LogP contribution < -0.4 is 5.56 Å². The van der Waals surface area contributed by atoms with Gasteiger partial charge in [0.2, 0.25) is 5.82 Å². The second kappa shape index (κ2) is 6.68. The SMILES string of the molecule is O=c1cc(-c2noc(C(F)(F)F)n2)ccn1C1CCC[C@H]1c1ccccc1. The minimum Gasteiger partial charge on any atom is -0.329 e. The second-order valence-electron chi connectivity index (χ2n) is 6.60. The highest BCUT2D eigenvalue weighted by Gasteiger charge is 2.38. The number of hydrogen-bond acceptors (Lipinski definition) is 4. The molecule has 0 aliphatic heterocycles. The third-order valence-electron chi connectivity index (χ3n) is 4.94. The Morgan fingerprint density at radius 1 is 1.11 bits per heavy atom. The molecule has 2 aromatic heterocycles. The second-order valence-corrected chi connectivity index (χ2v) is 6.60.